The van der Waals surface area contributed by atoms with E-state index in [-0.39, 0.29) is 16.3 Å². The quantitative estimate of drug-likeness (QED) is 0.515. The Hall–Kier alpha value is -2.06. The number of non-ortho nitro benzene ring substituents is 1. The number of hydrogen-bond donors (Lipinski definition) is 1. The first kappa shape index (κ1) is 16.0. The molecule has 20 heavy (non-hydrogen) atoms. The lowest BCUT2D eigenvalue weighted by Gasteiger charge is -2.27. The van der Waals surface area contributed by atoms with Crippen molar-refractivity contribution in [2.75, 3.05) is 0 Å². The van der Waals surface area contributed by atoms with Crippen molar-refractivity contribution in [2.45, 2.75) is 32.2 Å². The molecular formula is C14H15ClN2O3. The van der Waals surface area contributed by atoms with Crippen LogP contribution in [0.15, 0.2) is 18.2 Å². The standard InChI is InChI=1S/C14H15ClN2O3/c1-4-14(5-2,6-3)16-13(18)11-8-7-10(17(19)20)9-12(11)15/h1,7-9H,5-6H2,2-3H3,(H,16,18). The molecule has 0 saturated heterocycles. The number of nitrogens with one attached hydrogen (secondary N) is 1. The van der Waals surface area contributed by atoms with Crippen molar-refractivity contribution >= 4 is 23.2 Å². The third-order valence-corrected chi connectivity index (χ3v) is 3.56. The maximum absolute atomic E-state index is 12.2. The molecule has 1 N–H and O–H groups in total. The van der Waals surface area contributed by atoms with E-state index in [1.807, 2.05) is 13.8 Å². The van der Waals surface area contributed by atoms with Gasteiger partial charge < -0.3 is 5.32 Å². The van der Waals surface area contributed by atoms with E-state index >= 15 is 0 Å². The van der Waals surface area contributed by atoms with Gasteiger partial charge in [0.05, 0.1) is 15.5 Å². The van der Waals surface area contributed by atoms with Crippen LogP contribution in [0, 0.1) is 22.5 Å². The van der Waals surface area contributed by atoms with Gasteiger partial charge in [0.2, 0.25) is 0 Å². The van der Waals surface area contributed by atoms with Crippen LogP contribution in [-0.4, -0.2) is 16.4 Å². The summed E-state index contributed by atoms with van der Waals surface area (Å²) in [5.41, 5.74) is -0.734. The largest absolute Gasteiger partial charge is 0.336 e. The molecule has 0 heterocycles. The van der Waals surface area contributed by atoms with Crippen LogP contribution in [0.2, 0.25) is 5.02 Å². The summed E-state index contributed by atoms with van der Waals surface area (Å²) in [5.74, 6) is 2.14. The monoisotopic (exact) mass is 294 g/mol. The average molecular weight is 295 g/mol. The van der Waals surface area contributed by atoms with E-state index in [4.69, 9.17) is 18.0 Å². The van der Waals surface area contributed by atoms with Gasteiger partial charge in [-0.2, -0.15) is 0 Å². The number of hydrogen-bond acceptors (Lipinski definition) is 3. The first-order valence-electron chi connectivity index (χ1n) is 6.13. The minimum absolute atomic E-state index is 0.0230. The SMILES string of the molecule is C#CC(CC)(CC)NC(=O)c1ccc([N+](=O)[O-])cc1Cl. The van der Waals surface area contributed by atoms with Gasteiger partial charge in [0.25, 0.3) is 11.6 Å². The molecule has 0 bridgehead atoms. The lowest BCUT2D eigenvalue weighted by Crippen LogP contribution is -2.46. The number of terminal acetylenes is 1. The van der Waals surface area contributed by atoms with Crippen molar-refractivity contribution in [3.05, 3.63) is 38.9 Å². The Bertz CT molecular complexity index is 574. The van der Waals surface area contributed by atoms with Crippen molar-refractivity contribution in [1.29, 1.82) is 0 Å². The first-order chi connectivity index (χ1) is 9.39. The molecule has 6 heteroatoms. The molecule has 0 aliphatic rings. The van der Waals surface area contributed by atoms with Crippen LogP contribution in [0.3, 0.4) is 0 Å². The molecular weight excluding hydrogens is 280 g/mol. The Labute approximate surface area is 122 Å². The lowest BCUT2D eigenvalue weighted by atomic mass is 9.93. The zero-order valence-electron chi connectivity index (χ0n) is 11.3. The van der Waals surface area contributed by atoms with Gasteiger partial charge in [-0.3, -0.25) is 14.9 Å². The summed E-state index contributed by atoms with van der Waals surface area (Å²) in [6, 6.07) is 3.70. The predicted molar refractivity (Wildman–Crippen MR) is 77.7 cm³/mol. The number of rotatable bonds is 5. The van der Waals surface area contributed by atoms with Gasteiger partial charge in [0.15, 0.2) is 0 Å². The van der Waals surface area contributed by atoms with Gasteiger partial charge in [0.1, 0.15) is 5.54 Å². The first-order valence-corrected chi connectivity index (χ1v) is 6.51. The second-order valence-electron chi connectivity index (χ2n) is 4.31. The molecule has 0 atom stereocenters. The van der Waals surface area contributed by atoms with Gasteiger partial charge >= 0.3 is 0 Å². The van der Waals surface area contributed by atoms with Gasteiger partial charge in [-0.15, -0.1) is 6.42 Å². The molecule has 0 radical (unpaired) electrons. The van der Waals surface area contributed by atoms with Crippen LogP contribution in [0.5, 0.6) is 0 Å². The van der Waals surface area contributed by atoms with E-state index in [0.29, 0.717) is 12.8 Å². The zero-order chi connectivity index (χ0) is 15.3. The van der Waals surface area contributed by atoms with Crippen LogP contribution >= 0.6 is 11.6 Å². The van der Waals surface area contributed by atoms with Crippen LogP contribution in [0.25, 0.3) is 0 Å². The third-order valence-electron chi connectivity index (χ3n) is 3.24. The smallest absolute Gasteiger partial charge is 0.270 e. The second kappa shape index (κ2) is 6.40. The Morgan fingerprint density at radius 1 is 1.50 bits per heavy atom. The van der Waals surface area contributed by atoms with E-state index < -0.39 is 16.4 Å². The number of carbonyl (C=O) groups is 1. The van der Waals surface area contributed by atoms with Gasteiger partial charge in [-0.05, 0) is 18.9 Å². The number of nitro groups is 1. The molecule has 0 unspecified atom stereocenters. The summed E-state index contributed by atoms with van der Waals surface area (Å²) in [7, 11) is 0. The number of amides is 1. The highest BCUT2D eigenvalue weighted by Crippen LogP contribution is 2.23. The summed E-state index contributed by atoms with van der Waals surface area (Å²) >= 11 is 5.91. The van der Waals surface area contributed by atoms with Crippen LogP contribution < -0.4 is 5.32 Å². The number of nitrogens with zero attached hydrogens (tertiary/aromatic N) is 1. The topological polar surface area (TPSA) is 72.2 Å². The molecule has 1 aromatic rings. The summed E-state index contributed by atoms with van der Waals surface area (Å²) < 4.78 is 0. The summed E-state index contributed by atoms with van der Waals surface area (Å²) in [4.78, 5) is 22.2. The Morgan fingerprint density at radius 3 is 2.50 bits per heavy atom. The molecule has 1 rings (SSSR count). The molecule has 0 aromatic heterocycles. The highest BCUT2D eigenvalue weighted by Gasteiger charge is 2.27. The van der Waals surface area contributed by atoms with Gasteiger partial charge in [-0.1, -0.05) is 31.4 Å². The van der Waals surface area contributed by atoms with Gasteiger partial charge in [0, 0.05) is 12.1 Å². The van der Waals surface area contributed by atoms with Crippen molar-refractivity contribution in [3.8, 4) is 12.3 Å². The maximum Gasteiger partial charge on any atom is 0.270 e. The van der Waals surface area contributed by atoms with Crippen LogP contribution in [0.1, 0.15) is 37.0 Å². The third kappa shape index (κ3) is 3.28. The van der Waals surface area contributed by atoms with Crippen molar-refractivity contribution < 1.29 is 9.72 Å². The molecule has 0 aliphatic carbocycles. The zero-order valence-corrected chi connectivity index (χ0v) is 12.0. The Balaban J connectivity index is 3.05. The average Bonchev–Trinajstić information content (AvgIpc) is 2.44. The van der Waals surface area contributed by atoms with E-state index in [2.05, 4.69) is 11.2 Å². The highest BCUT2D eigenvalue weighted by atomic mass is 35.5. The minimum Gasteiger partial charge on any atom is -0.336 e. The van der Waals surface area contributed by atoms with Crippen LogP contribution in [-0.2, 0) is 0 Å². The molecule has 0 aliphatic heterocycles. The fourth-order valence-corrected chi connectivity index (χ4v) is 2.01. The maximum atomic E-state index is 12.2. The summed E-state index contributed by atoms with van der Waals surface area (Å²) in [5, 5.41) is 13.4. The summed E-state index contributed by atoms with van der Waals surface area (Å²) in [6.45, 7) is 3.75. The highest BCUT2D eigenvalue weighted by molar-refractivity contribution is 6.34. The molecule has 106 valence electrons. The molecule has 5 nitrogen and oxygen atoms in total. The molecule has 1 aromatic carbocycles. The molecule has 1 amide bonds. The van der Waals surface area contributed by atoms with E-state index in [1.165, 1.54) is 12.1 Å². The van der Waals surface area contributed by atoms with E-state index in [1.54, 1.807) is 0 Å². The van der Waals surface area contributed by atoms with Gasteiger partial charge in [-0.25, -0.2) is 0 Å². The lowest BCUT2D eigenvalue weighted by molar-refractivity contribution is -0.384. The van der Waals surface area contributed by atoms with Crippen molar-refractivity contribution in [1.82, 2.24) is 5.32 Å². The van der Waals surface area contributed by atoms with Crippen LogP contribution in [0.4, 0.5) is 5.69 Å². The molecule has 0 saturated carbocycles. The number of nitro benzene ring substituents is 1. The predicted octanol–water partition coefficient (Wildman–Crippen LogP) is 3.17. The number of halogens is 1. The Kier molecular flexibility index (Phi) is 5.12. The summed E-state index contributed by atoms with van der Waals surface area (Å²) in [6.07, 6.45) is 6.63. The number of benzene rings is 1. The molecule has 0 fully saturated rings. The molecule has 0 spiro atoms. The van der Waals surface area contributed by atoms with Crippen molar-refractivity contribution in [3.63, 3.8) is 0 Å². The Morgan fingerprint density at radius 2 is 2.10 bits per heavy atom. The fraction of sp³-hybridized carbons (Fsp3) is 0.357. The minimum atomic E-state index is -0.734. The van der Waals surface area contributed by atoms with E-state index in [9.17, 15) is 14.9 Å². The van der Waals surface area contributed by atoms with Crippen molar-refractivity contribution in [2.24, 2.45) is 0 Å². The fourth-order valence-electron chi connectivity index (χ4n) is 1.75. The van der Waals surface area contributed by atoms with E-state index in [0.717, 1.165) is 6.07 Å². The second-order valence-corrected chi connectivity index (χ2v) is 4.72. The number of carbonyl (C=O) groups excluding carboxylic acids is 1. The normalized spacial score (nSPS) is 10.7.